The highest BCUT2D eigenvalue weighted by atomic mass is 16.2. The van der Waals surface area contributed by atoms with Gasteiger partial charge in [0.05, 0.1) is 0 Å². The van der Waals surface area contributed by atoms with E-state index >= 15 is 0 Å². The third-order valence-electron chi connectivity index (χ3n) is 5.35. The Morgan fingerprint density at radius 2 is 1.21 bits per heavy atom. The first kappa shape index (κ1) is 24.5. The second kappa shape index (κ2) is 17.6. The Labute approximate surface area is 174 Å². The molecule has 0 atom stereocenters. The summed E-state index contributed by atoms with van der Waals surface area (Å²) in [5.41, 5.74) is 1.01. The number of amides is 2. The molecule has 0 saturated heterocycles. The fourth-order valence-corrected chi connectivity index (χ4v) is 3.56. The number of nitrogens with one attached hydrogen (secondary N) is 1. The number of para-hydroxylation sites is 1. The van der Waals surface area contributed by atoms with Crippen molar-refractivity contribution in [2.24, 2.45) is 0 Å². The normalized spacial score (nSPS) is 10.8. The maximum Gasteiger partial charge on any atom is 0.321 e. The van der Waals surface area contributed by atoms with Crippen molar-refractivity contribution in [1.82, 2.24) is 5.32 Å². The van der Waals surface area contributed by atoms with Crippen LogP contribution >= 0.6 is 0 Å². The number of benzene rings is 1. The Morgan fingerprint density at radius 1 is 0.714 bits per heavy atom. The van der Waals surface area contributed by atoms with Crippen LogP contribution in [0, 0.1) is 0 Å². The van der Waals surface area contributed by atoms with Gasteiger partial charge in [-0.2, -0.15) is 0 Å². The number of hydrogen-bond donors (Lipinski definition) is 1. The van der Waals surface area contributed by atoms with Gasteiger partial charge in [-0.05, 0) is 25.0 Å². The molecule has 0 aliphatic carbocycles. The van der Waals surface area contributed by atoms with Gasteiger partial charge in [-0.25, -0.2) is 4.79 Å². The fraction of sp³-hybridized carbons (Fsp3) is 0.720. The topological polar surface area (TPSA) is 32.3 Å². The van der Waals surface area contributed by atoms with Crippen LogP contribution in [0.15, 0.2) is 30.3 Å². The molecule has 0 saturated carbocycles. The van der Waals surface area contributed by atoms with Gasteiger partial charge in [0.1, 0.15) is 0 Å². The molecule has 1 rings (SSSR count). The van der Waals surface area contributed by atoms with Gasteiger partial charge >= 0.3 is 6.03 Å². The van der Waals surface area contributed by atoms with Gasteiger partial charge in [-0.3, -0.25) is 4.90 Å². The average molecular weight is 389 g/mol. The van der Waals surface area contributed by atoms with Crippen LogP contribution in [0.1, 0.15) is 104 Å². The highest BCUT2D eigenvalue weighted by molar-refractivity contribution is 5.91. The summed E-state index contributed by atoms with van der Waals surface area (Å²) >= 11 is 0. The second-order valence-electron chi connectivity index (χ2n) is 7.96. The molecule has 0 radical (unpaired) electrons. The Morgan fingerprint density at radius 3 is 1.79 bits per heavy atom. The predicted molar refractivity (Wildman–Crippen MR) is 123 cm³/mol. The zero-order valence-electron chi connectivity index (χ0n) is 18.6. The zero-order valence-corrected chi connectivity index (χ0v) is 18.6. The summed E-state index contributed by atoms with van der Waals surface area (Å²) in [4.78, 5) is 14.7. The molecule has 1 N–H and O–H groups in total. The summed E-state index contributed by atoms with van der Waals surface area (Å²) in [5.74, 6) is 0. The fourth-order valence-electron chi connectivity index (χ4n) is 3.56. The van der Waals surface area contributed by atoms with E-state index in [1.54, 1.807) is 0 Å². The maximum atomic E-state index is 12.7. The highest BCUT2D eigenvalue weighted by Crippen LogP contribution is 2.16. The van der Waals surface area contributed by atoms with Gasteiger partial charge in [0.2, 0.25) is 0 Å². The molecule has 0 aliphatic rings. The van der Waals surface area contributed by atoms with Crippen LogP contribution in [0.4, 0.5) is 10.5 Å². The first-order valence-electron chi connectivity index (χ1n) is 11.9. The summed E-state index contributed by atoms with van der Waals surface area (Å²) in [5, 5.41) is 3.14. The number of nitrogens with zero attached hydrogens (tertiary/aromatic N) is 1. The summed E-state index contributed by atoms with van der Waals surface area (Å²) in [6, 6.07) is 10.2. The van der Waals surface area contributed by atoms with Crippen molar-refractivity contribution in [3.05, 3.63) is 30.3 Å². The molecule has 2 amide bonds. The molecule has 0 unspecified atom stereocenters. The minimum Gasteiger partial charge on any atom is -0.338 e. The number of carbonyl (C=O) groups excluding carboxylic acids is 1. The molecule has 1 aromatic rings. The summed E-state index contributed by atoms with van der Waals surface area (Å²) in [7, 11) is 0. The number of rotatable bonds is 17. The Hall–Kier alpha value is -1.51. The lowest BCUT2D eigenvalue weighted by Gasteiger charge is -2.23. The molecule has 3 nitrogen and oxygen atoms in total. The van der Waals surface area contributed by atoms with E-state index in [2.05, 4.69) is 19.2 Å². The van der Waals surface area contributed by atoms with Crippen LogP contribution in [-0.2, 0) is 0 Å². The Balaban J connectivity index is 2.29. The lowest BCUT2D eigenvalue weighted by molar-refractivity contribution is 0.246. The average Bonchev–Trinajstić information content (AvgIpc) is 2.72. The van der Waals surface area contributed by atoms with Crippen LogP contribution < -0.4 is 10.2 Å². The smallest absolute Gasteiger partial charge is 0.321 e. The Bertz CT molecular complexity index is 475. The van der Waals surface area contributed by atoms with Crippen molar-refractivity contribution in [3.63, 3.8) is 0 Å². The summed E-state index contributed by atoms with van der Waals surface area (Å²) in [6.07, 6.45) is 17.8. The molecular weight excluding hydrogens is 344 g/mol. The van der Waals surface area contributed by atoms with Crippen LogP contribution in [-0.4, -0.2) is 19.1 Å². The third-order valence-corrected chi connectivity index (χ3v) is 5.35. The SMILES string of the molecule is CCCCCCCCCNC(=O)N(CCCCCCCCC)c1ccccc1. The van der Waals surface area contributed by atoms with Gasteiger partial charge < -0.3 is 5.32 Å². The van der Waals surface area contributed by atoms with Gasteiger partial charge in [0.25, 0.3) is 0 Å². The van der Waals surface area contributed by atoms with Crippen LogP contribution in [0.25, 0.3) is 0 Å². The molecule has 160 valence electrons. The van der Waals surface area contributed by atoms with Crippen molar-refractivity contribution >= 4 is 11.7 Å². The molecule has 0 heterocycles. The standard InChI is InChI=1S/C25H44N2O/c1-3-5-7-9-11-13-18-22-26-25(28)27(24-20-16-15-17-21-24)23-19-14-12-10-8-6-4-2/h15-17,20-21H,3-14,18-19,22-23H2,1-2H3,(H,26,28). The van der Waals surface area contributed by atoms with Crippen molar-refractivity contribution in [1.29, 1.82) is 0 Å². The Kier molecular flexibility index (Phi) is 15.4. The van der Waals surface area contributed by atoms with Gasteiger partial charge in [0, 0.05) is 18.8 Å². The molecule has 1 aromatic carbocycles. The first-order chi connectivity index (χ1) is 13.8. The lowest BCUT2D eigenvalue weighted by atomic mass is 10.1. The molecule has 0 fully saturated rings. The van der Waals surface area contributed by atoms with E-state index in [1.165, 1.54) is 77.0 Å². The summed E-state index contributed by atoms with van der Waals surface area (Å²) in [6.45, 7) is 6.09. The van der Waals surface area contributed by atoms with E-state index in [0.29, 0.717) is 0 Å². The summed E-state index contributed by atoms with van der Waals surface area (Å²) < 4.78 is 0. The van der Waals surface area contributed by atoms with E-state index in [9.17, 15) is 4.79 Å². The van der Waals surface area contributed by atoms with E-state index in [4.69, 9.17) is 0 Å². The molecule has 0 aliphatic heterocycles. The third kappa shape index (κ3) is 12.0. The quantitative estimate of drug-likeness (QED) is 0.272. The number of carbonyl (C=O) groups is 1. The molecular formula is C25H44N2O. The highest BCUT2D eigenvalue weighted by Gasteiger charge is 2.14. The number of anilines is 1. The first-order valence-corrected chi connectivity index (χ1v) is 11.9. The van der Waals surface area contributed by atoms with Crippen molar-refractivity contribution < 1.29 is 4.79 Å². The molecule has 28 heavy (non-hydrogen) atoms. The van der Waals surface area contributed by atoms with Gasteiger partial charge in [-0.1, -0.05) is 109 Å². The molecule has 0 bridgehead atoms. The van der Waals surface area contributed by atoms with Gasteiger partial charge in [-0.15, -0.1) is 0 Å². The van der Waals surface area contributed by atoms with E-state index in [0.717, 1.165) is 31.6 Å². The largest absolute Gasteiger partial charge is 0.338 e. The van der Waals surface area contributed by atoms with E-state index in [1.807, 2.05) is 35.2 Å². The zero-order chi connectivity index (χ0) is 20.3. The number of unbranched alkanes of at least 4 members (excludes halogenated alkanes) is 12. The van der Waals surface area contributed by atoms with E-state index in [-0.39, 0.29) is 6.03 Å². The van der Waals surface area contributed by atoms with Crippen molar-refractivity contribution in [2.75, 3.05) is 18.0 Å². The van der Waals surface area contributed by atoms with E-state index < -0.39 is 0 Å². The minimum absolute atomic E-state index is 0.0585. The minimum atomic E-state index is 0.0585. The maximum absolute atomic E-state index is 12.7. The molecule has 0 spiro atoms. The predicted octanol–water partition coefficient (Wildman–Crippen LogP) is 7.70. The number of hydrogen-bond acceptors (Lipinski definition) is 1. The number of urea groups is 1. The van der Waals surface area contributed by atoms with Crippen LogP contribution in [0.2, 0.25) is 0 Å². The molecule has 0 aromatic heterocycles. The lowest BCUT2D eigenvalue weighted by Crippen LogP contribution is -2.41. The second-order valence-corrected chi connectivity index (χ2v) is 7.96. The van der Waals surface area contributed by atoms with Gasteiger partial charge in [0.15, 0.2) is 0 Å². The van der Waals surface area contributed by atoms with Crippen molar-refractivity contribution in [2.45, 2.75) is 104 Å². The monoisotopic (exact) mass is 388 g/mol. The molecule has 3 heteroatoms. The van der Waals surface area contributed by atoms with Crippen LogP contribution in [0.5, 0.6) is 0 Å². The van der Waals surface area contributed by atoms with Crippen molar-refractivity contribution in [3.8, 4) is 0 Å². The van der Waals surface area contributed by atoms with Crippen LogP contribution in [0.3, 0.4) is 0 Å².